The van der Waals surface area contributed by atoms with Crippen molar-refractivity contribution in [2.24, 2.45) is 5.41 Å². The number of hydrogen-bond acceptors (Lipinski definition) is 4. The molecule has 4 nitrogen and oxygen atoms in total. The molecule has 1 spiro atoms. The van der Waals surface area contributed by atoms with E-state index in [1.165, 1.54) is 22.3 Å². The van der Waals surface area contributed by atoms with Crippen molar-refractivity contribution < 1.29 is 14.6 Å². The van der Waals surface area contributed by atoms with Gasteiger partial charge in [-0.05, 0) is 46.3 Å². The van der Waals surface area contributed by atoms with Crippen LogP contribution in [0.5, 0.6) is 0 Å². The summed E-state index contributed by atoms with van der Waals surface area (Å²) < 4.78 is 12.9. The molecule has 0 amide bonds. The molecular formula is C30H41NO3. The normalized spacial score (nSPS) is 25.4. The molecule has 1 saturated heterocycles. The highest BCUT2D eigenvalue weighted by Gasteiger charge is 2.52. The Balaban J connectivity index is 1.74. The number of nitrogens with zero attached hydrogens (tertiary/aromatic N) is 1. The van der Waals surface area contributed by atoms with E-state index in [1.807, 2.05) is 0 Å². The summed E-state index contributed by atoms with van der Waals surface area (Å²) in [5.41, 5.74) is 7.91. The zero-order chi connectivity index (χ0) is 24.5. The standard InChI is InChI=1S/C30H41NO3/c1-18(2)26-24-25(23-21(31-26)16-29(6,7)17-22(23)32)30(12-14-33-15-13-30)34-27(24)19-8-10-20(11-9-19)28(3,4)5/h8-11,18,22,27,32H,12-17H2,1-7H3/t22?,27-/m1/s1. The van der Waals surface area contributed by atoms with Crippen molar-refractivity contribution in [1.29, 1.82) is 0 Å². The number of rotatable bonds is 2. The Hall–Kier alpha value is -1.75. The minimum absolute atomic E-state index is 0.0341. The maximum Gasteiger partial charge on any atom is 0.111 e. The van der Waals surface area contributed by atoms with Crippen molar-refractivity contribution in [3.8, 4) is 0 Å². The maximum atomic E-state index is 11.5. The average Bonchev–Trinajstić information content (AvgIpc) is 3.06. The van der Waals surface area contributed by atoms with E-state index in [1.54, 1.807) is 0 Å². The molecule has 1 N–H and O–H groups in total. The van der Waals surface area contributed by atoms with Crippen molar-refractivity contribution in [1.82, 2.24) is 4.98 Å². The first-order valence-electron chi connectivity index (χ1n) is 13.0. The lowest BCUT2D eigenvalue weighted by atomic mass is 9.70. The summed E-state index contributed by atoms with van der Waals surface area (Å²) in [7, 11) is 0. The molecule has 2 aliphatic heterocycles. The van der Waals surface area contributed by atoms with Crippen LogP contribution >= 0.6 is 0 Å². The van der Waals surface area contributed by atoms with E-state index < -0.39 is 11.7 Å². The topological polar surface area (TPSA) is 51.6 Å². The molecule has 184 valence electrons. The summed E-state index contributed by atoms with van der Waals surface area (Å²) >= 11 is 0. The molecule has 4 heteroatoms. The quantitative estimate of drug-likeness (QED) is 0.543. The Kier molecular flexibility index (Phi) is 5.74. The molecule has 0 bridgehead atoms. The Bertz CT molecular complexity index is 1070. The van der Waals surface area contributed by atoms with Gasteiger partial charge in [0.1, 0.15) is 6.10 Å². The fraction of sp³-hybridized carbons (Fsp3) is 0.633. The van der Waals surface area contributed by atoms with Crippen LogP contribution in [0, 0.1) is 5.41 Å². The summed E-state index contributed by atoms with van der Waals surface area (Å²) in [4.78, 5) is 5.27. The van der Waals surface area contributed by atoms with Gasteiger partial charge >= 0.3 is 0 Å². The van der Waals surface area contributed by atoms with Gasteiger partial charge in [0.25, 0.3) is 0 Å². The van der Waals surface area contributed by atoms with Gasteiger partial charge in [-0.1, -0.05) is 72.7 Å². The second-order valence-corrected chi connectivity index (χ2v) is 12.8. The molecule has 1 unspecified atom stereocenters. The number of pyridine rings is 1. The molecule has 34 heavy (non-hydrogen) atoms. The van der Waals surface area contributed by atoms with E-state index in [2.05, 4.69) is 72.7 Å². The number of aliphatic hydroxyl groups is 1. The molecular weight excluding hydrogens is 422 g/mol. The SMILES string of the molecule is CC(C)c1nc2c(c3c1[C@@H](c1ccc(C(C)(C)C)cc1)OC31CCOCC1)C(O)CC(C)(C)C2. The minimum atomic E-state index is -0.508. The fourth-order valence-electron chi connectivity index (χ4n) is 6.33. The summed E-state index contributed by atoms with van der Waals surface area (Å²) in [6, 6.07) is 8.95. The average molecular weight is 464 g/mol. The van der Waals surface area contributed by atoms with E-state index in [0.717, 1.165) is 42.6 Å². The molecule has 0 saturated carbocycles. The van der Waals surface area contributed by atoms with Gasteiger partial charge in [-0.25, -0.2) is 0 Å². The monoisotopic (exact) mass is 463 g/mol. The number of aromatic nitrogens is 1. The third-order valence-corrected chi connectivity index (χ3v) is 8.09. The van der Waals surface area contributed by atoms with Crippen LogP contribution < -0.4 is 0 Å². The second-order valence-electron chi connectivity index (χ2n) is 12.8. The lowest BCUT2D eigenvalue weighted by Gasteiger charge is -2.40. The van der Waals surface area contributed by atoms with Gasteiger partial charge < -0.3 is 14.6 Å². The van der Waals surface area contributed by atoms with Gasteiger partial charge in [-0.15, -0.1) is 0 Å². The highest BCUT2D eigenvalue weighted by molar-refractivity contribution is 5.54. The summed E-state index contributed by atoms with van der Waals surface area (Å²) in [5, 5.41) is 11.5. The van der Waals surface area contributed by atoms with E-state index >= 15 is 0 Å². The molecule has 3 aliphatic rings. The van der Waals surface area contributed by atoms with Crippen LogP contribution in [-0.2, 0) is 26.9 Å². The van der Waals surface area contributed by atoms with Crippen molar-refractivity contribution in [3.05, 3.63) is 63.5 Å². The number of hydrogen-bond donors (Lipinski definition) is 1. The molecule has 1 aliphatic carbocycles. The molecule has 2 atom stereocenters. The Morgan fingerprint density at radius 3 is 2.26 bits per heavy atom. The first-order chi connectivity index (χ1) is 15.9. The van der Waals surface area contributed by atoms with E-state index in [0.29, 0.717) is 13.2 Å². The van der Waals surface area contributed by atoms with E-state index in [4.69, 9.17) is 14.5 Å². The highest BCUT2D eigenvalue weighted by Crippen LogP contribution is 2.57. The van der Waals surface area contributed by atoms with Crippen LogP contribution in [0.1, 0.15) is 125 Å². The van der Waals surface area contributed by atoms with Gasteiger partial charge in [-0.2, -0.15) is 0 Å². The van der Waals surface area contributed by atoms with Crippen LogP contribution in [0.4, 0.5) is 0 Å². The molecule has 1 aromatic carbocycles. The Labute approximate surface area is 205 Å². The van der Waals surface area contributed by atoms with Gasteiger partial charge in [-0.3, -0.25) is 4.98 Å². The third-order valence-electron chi connectivity index (χ3n) is 8.09. The zero-order valence-electron chi connectivity index (χ0n) is 22.0. The van der Waals surface area contributed by atoms with Gasteiger partial charge in [0.15, 0.2) is 0 Å². The van der Waals surface area contributed by atoms with Crippen molar-refractivity contribution in [3.63, 3.8) is 0 Å². The number of ether oxygens (including phenoxy) is 2. The van der Waals surface area contributed by atoms with Crippen LogP contribution in [-0.4, -0.2) is 23.3 Å². The Morgan fingerprint density at radius 2 is 1.68 bits per heavy atom. The first-order valence-corrected chi connectivity index (χ1v) is 13.0. The largest absolute Gasteiger partial charge is 0.388 e. The Morgan fingerprint density at radius 1 is 1.03 bits per heavy atom. The summed E-state index contributed by atoms with van der Waals surface area (Å²) in [6.45, 7) is 17.0. The van der Waals surface area contributed by atoms with Crippen molar-refractivity contribution in [2.45, 2.75) is 103 Å². The number of benzene rings is 1. The maximum absolute atomic E-state index is 11.5. The van der Waals surface area contributed by atoms with Gasteiger partial charge in [0.05, 0.1) is 11.7 Å². The summed E-state index contributed by atoms with van der Waals surface area (Å²) in [6.07, 6.45) is 2.61. The smallest absolute Gasteiger partial charge is 0.111 e. The third kappa shape index (κ3) is 3.92. The molecule has 1 fully saturated rings. The number of aliphatic hydroxyl groups excluding tert-OH is 1. The van der Waals surface area contributed by atoms with Crippen molar-refractivity contribution >= 4 is 0 Å². The van der Waals surface area contributed by atoms with E-state index in [-0.39, 0.29) is 22.9 Å². The molecule has 0 radical (unpaired) electrons. The number of fused-ring (bicyclic) bond motifs is 4. The van der Waals surface area contributed by atoms with Crippen LogP contribution in [0.25, 0.3) is 0 Å². The van der Waals surface area contributed by atoms with E-state index in [9.17, 15) is 5.11 Å². The van der Waals surface area contributed by atoms with Crippen LogP contribution in [0.2, 0.25) is 0 Å². The fourth-order valence-corrected chi connectivity index (χ4v) is 6.33. The van der Waals surface area contributed by atoms with Crippen molar-refractivity contribution in [2.75, 3.05) is 13.2 Å². The summed E-state index contributed by atoms with van der Waals surface area (Å²) in [5.74, 6) is 0.274. The lowest BCUT2D eigenvalue weighted by molar-refractivity contribution is -0.122. The molecule has 3 heterocycles. The van der Waals surface area contributed by atoms with Gasteiger partial charge in [0.2, 0.25) is 0 Å². The zero-order valence-corrected chi connectivity index (χ0v) is 22.0. The molecule has 2 aromatic rings. The lowest BCUT2D eigenvalue weighted by Crippen LogP contribution is -2.37. The van der Waals surface area contributed by atoms with Crippen LogP contribution in [0.3, 0.4) is 0 Å². The van der Waals surface area contributed by atoms with Gasteiger partial charge in [0, 0.05) is 48.6 Å². The molecule has 1 aromatic heterocycles. The first kappa shape index (κ1) is 24.0. The highest BCUT2D eigenvalue weighted by atomic mass is 16.5. The predicted octanol–water partition coefficient (Wildman–Crippen LogP) is 6.63. The predicted molar refractivity (Wildman–Crippen MR) is 135 cm³/mol. The second kappa shape index (κ2) is 8.15. The minimum Gasteiger partial charge on any atom is -0.388 e. The van der Waals surface area contributed by atoms with Crippen LogP contribution in [0.15, 0.2) is 24.3 Å². The molecule has 5 rings (SSSR count).